The largest absolute Gasteiger partial charge is 0.375 e. The third kappa shape index (κ3) is 5.44. The van der Waals surface area contributed by atoms with Gasteiger partial charge in [-0.2, -0.15) is 0 Å². The third-order valence-corrected chi connectivity index (χ3v) is 2.77. The molecule has 0 aliphatic carbocycles. The molecule has 94 valence electrons. The van der Waals surface area contributed by atoms with Crippen LogP contribution in [0.15, 0.2) is 0 Å². The van der Waals surface area contributed by atoms with Gasteiger partial charge in [0.15, 0.2) is 0 Å². The fraction of sp³-hybridized carbons (Fsp3) is 0.909. The van der Waals surface area contributed by atoms with E-state index >= 15 is 0 Å². The number of likely N-dealkylation sites (N-methyl/N-ethyl adjacent to an activating group) is 1. The Bertz CT molecular complexity index is 205. The van der Waals surface area contributed by atoms with Crippen LogP contribution in [0.25, 0.3) is 0 Å². The van der Waals surface area contributed by atoms with Crippen molar-refractivity contribution in [3.63, 3.8) is 0 Å². The lowest BCUT2D eigenvalue weighted by Crippen LogP contribution is -2.42. The van der Waals surface area contributed by atoms with Crippen molar-refractivity contribution in [1.82, 2.24) is 15.5 Å². The van der Waals surface area contributed by atoms with Crippen LogP contribution in [0.4, 0.5) is 0 Å². The van der Waals surface area contributed by atoms with Gasteiger partial charge in [-0.3, -0.25) is 4.79 Å². The van der Waals surface area contributed by atoms with Gasteiger partial charge in [-0.1, -0.05) is 6.92 Å². The molecule has 1 atom stereocenters. The predicted octanol–water partition coefficient (Wildman–Crippen LogP) is -0.567. The zero-order chi connectivity index (χ0) is 11.8. The van der Waals surface area contributed by atoms with E-state index in [2.05, 4.69) is 22.5 Å². The Morgan fingerprint density at radius 1 is 1.62 bits per heavy atom. The van der Waals surface area contributed by atoms with Crippen molar-refractivity contribution in [2.45, 2.75) is 19.4 Å². The minimum Gasteiger partial charge on any atom is -0.375 e. The van der Waals surface area contributed by atoms with Crippen molar-refractivity contribution < 1.29 is 9.53 Å². The summed E-state index contributed by atoms with van der Waals surface area (Å²) < 4.78 is 5.46. The molecule has 1 rings (SSSR count). The predicted molar refractivity (Wildman–Crippen MR) is 63.4 cm³/mol. The Kier molecular flexibility index (Phi) is 6.37. The number of hydrogen-bond donors (Lipinski definition) is 2. The fourth-order valence-electron chi connectivity index (χ4n) is 1.57. The molecule has 1 saturated heterocycles. The van der Waals surface area contributed by atoms with Crippen LogP contribution >= 0.6 is 0 Å². The lowest BCUT2D eigenvalue weighted by Gasteiger charge is -2.23. The number of ether oxygens (including phenoxy) is 1. The summed E-state index contributed by atoms with van der Waals surface area (Å²) >= 11 is 0. The Balaban J connectivity index is 2.05. The van der Waals surface area contributed by atoms with Gasteiger partial charge in [0, 0.05) is 26.2 Å². The summed E-state index contributed by atoms with van der Waals surface area (Å²) in [6.07, 6.45) is 0.501. The molecule has 16 heavy (non-hydrogen) atoms. The standard InChI is InChI=1S/C11H23N3O2/c1-3-14(2)6-4-13-11(15)8-10-9-12-5-7-16-10/h10,12H,3-9H2,1-2H3,(H,13,15). The van der Waals surface area contributed by atoms with E-state index in [1.807, 2.05) is 7.05 Å². The zero-order valence-corrected chi connectivity index (χ0v) is 10.3. The number of nitrogens with zero attached hydrogens (tertiary/aromatic N) is 1. The van der Waals surface area contributed by atoms with Gasteiger partial charge in [-0.25, -0.2) is 0 Å². The van der Waals surface area contributed by atoms with Gasteiger partial charge in [0.25, 0.3) is 0 Å². The lowest BCUT2D eigenvalue weighted by molar-refractivity contribution is -0.124. The first-order chi connectivity index (χ1) is 7.72. The van der Waals surface area contributed by atoms with E-state index in [1.165, 1.54) is 0 Å². The summed E-state index contributed by atoms with van der Waals surface area (Å²) in [5.41, 5.74) is 0. The van der Waals surface area contributed by atoms with E-state index in [9.17, 15) is 4.79 Å². The first-order valence-electron chi connectivity index (χ1n) is 6.00. The summed E-state index contributed by atoms with van der Waals surface area (Å²) in [6.45, 7) is 7.09. The van der Waals surface area contributed by atoms with Crippen molar-refractivity contribution in [3.05, 3.63) is 0 Å². The molecule has 0 aromatic rings. The van der Waals surface area contributed by atoms with E-state index in [-0.39, 0.29) is 12.0 Å². The average molecular weight is 229 g/mol. The fourth-order valence-corrected chi connectivity index (χ4v) is 1.57. The van der Waals surface area contributed by atoms with E-state index in [0.29, 0.717) is 19.6 Å². The topological polar surface area (TPSA) is 53.6 Å². The summed E-state index contributed by atoms with van der Waals surface area (Å²) in [5.74, 6) is 0.0817. The Morgan fingerprint density at radius 3 is 3.06 bits per heavy atom. The molecule has 1 heterocycles. The van der Waals surface area contributed by atoms with Crippen molar-refractivity contribution in [2.75, 3.05) is 46.4 Å². The molecular formula is C11H23N3O2. The van der Waals surface area contributed by atoms with Gasteiger partial charge < -0.3 is 20.3 Å². The number of rotatable bonds is 6. The van der Waals surface area contributed by atoms with Crippen molar-refractivity contribution in [3.8, 4) is 0 Å². The SMILES string of the molecule is CCN(C)CCNC(=O)CC1CNCCO1. The number of morpholine rings is 1. The number of amides is 1. The summed E-state index contributed by atoms with van der Waals surface area (Å²) in [5, 5.41) is 6.12. The maximum atomic E-state index is 11.5. The highest BCUT2D eigenvalue weighted by atomic mass is 16.5. The molecular weight excluding hydrogens is 206 g/mol. The molecule has 2 N–H and O–H groups in total. The monoisotopic (exact) mass is 229 g/mol. The van der Waals surface area contributed by atoms with Crippen LogP contribution in [-0.4, -0.2) is 63.3 Å². The molecule has 5 nitrogen and oxygen atoms in total. The summed E-state index contributed by atoms with van der Waals surface area (Å²) in [7, 11) is 2.04. The number of nitrogens with one attached hydrogen (secondary N) is 2. The normalized spacial score (nSPS) is 21.1. The van der Waals surface area contributed by atoms with Crippen LogP contribution in [0, 0.1) is 0 Å². The molecule has 1 aliphatic heterocycles. The molecule has 0 radical (unpaired) electrons. The number of carbonyl (C=O) groups is 1. The third-order valence-electron chi connectivity index (χ3n) is 2.77. The molecule has 1 unspecified atom stereocenters. The van der Waals surface area contributed by atoms with E-state index in [1.54, 1.807) is 0 Å². The second-order valence-electron chi connectivity index (χ2n) is 4.15. The van der Waals surface area contributed by atoms with Gasteiger partial charge in [-0.15, -0.1) is 0 Å². The van der Waals surface area contributed by atoms with Gasteiger partial charge >= 0.3 is 0 Å². The Labute approximate surface area is 97.5 Å². The van der Waals surface area contributed by atoms with E-state index in [0.717, 1.165) is 26.2 Å². The van der Waals surface area contributed by atoms with Crippen LogP contribution < -0.4 is 10.6 Å². The second-order valence-corrected chi connectivity index (χ2v) is 4.15. The minimum absolute atomic E-state index is 0.0395. The Hall–Kier alpha value is -0.650. The number of hydrogen-bond acceptors (Lipinski definition) is 4. The minimum atomic E-state index is 0.0395. The van der Waals surface area contributed by atoms with E-state index < -0.39 is 0 Å². The molecule has 1 aliphatic rings. The Morgan fingerprint density at radius 2 is 2.44 bits per heavy atom. The van der Waals surface area contributed by atoms with Crippen LogP contribution in [0.2, 0.25) is 0 Å². The molecule has 1 amide bonds. The quantitative estimate of drug-likeness (QED) is 0.640. The van der Waals surface area contributed by atoms with Crippen LogP contribution in [0.5, 0.6) is 0 Å². The molecule has 0 spiro atoms. The highest BCUT2D eigenvalue weighted by Crippen LogP contribution is 2.00. The molecule has 0 aromatic carbocycles. The first kappa shape index (κ1) is 13.4. The maximum absolute atomic E-state index is 11.5. The zero-order valence-electron chi connectivity index (χ0n) is 10.3. The number of carbonyl (C=O) groups excluding carboxylic acids is 1. The van der Waals surface area contributed by atoms with E-state index in [4.69, 9.17) is 4.74 Å². The second kappa shape index (κ2) is 7.60. The molecule has 1 fully saturated rings. The maximum Gasteiger partial charge on any atom is 0.222 e. The van der Waals surface area contributed by atoms with Gasteiger partial charge in [0.05, 0.1) is 19.1 Å². The van der Waals surface area contributed by atoms with Crippen molar-refractivity contribution in [1.29, 1.82) is 0 Å². The summed E-state index contributed by atoms with van der Waals surface area (Å²) in [6, 6.07) is 0. The smallest absolute Gasteiger partial charge is 0.222 e. The highest BCUT2D eigenvalue weighted by molar-refractivity contribution is 5.76. The molecule has 5 heteroatoms. The molecule has 0 saturated carbocycles. The van der Waals surface area contributed by atoms with Crippen LogP contribution in [-0.2, 0) is 9.53 Å². The molecule has 0 aromatic heterocycles. The van der Waals surface area contributed by atoms with Crippen LogP contribution in [0.1, 0.15) is 13.3 Å². The summed E-state index contributed by atoms with van der Waals surface area (Å²) in [4.78, 5) is 13.7. The van der Waals surface area contributed by atoms with Gasteiger partial charge in [-0.05, 0) is 13.6 Å². The molecule has 0 bridgehead atoms. The lowest BCUT2D eigenvalue weighted by atomic mass is 10.2. The van der Waals surface area contributed by atoms with Crippen LogP contribution in [0.3, 0.4) is 0 Å². The first-order valence-corrected chi connectivity index (χ1v) is 6.00. The van der Waals surface area contributed by atoms with Crippen molar-refractivity contribution in [2.24, 2.45) is 0 Å². The van der Waals surface area contributed by atoms with Gasteiger partial charge in [0.2, 0.25) is 5.91 Å². The van der Waals surface area contributed by atoms with Gasteiger partial charge in [0.1, 0.15) is 0 Å². The highest BCUT2D eigenvalue weighted by Gasteiger charge is 2.16. The average Bonchev–Trinajstić information content (AvgIpc) is 2.30. The van der Waals surface area contributed by atoms with Crippen molar-refractivity contribution >= 4 is 5.91 Å².